The predicted octanol–water partition coefficient (Wildman–Crippen LogP) is 1.79. The van der Waals surface area contributed by atoms with Crippen LogP contribution in [0.5, 0.6) is 0 Å². The lowest BCUT2D eigenvalue weighted by Gasteiger charge is -2.32. The van der Waals surface area contributed by atoms with Gasteiger partial charge in [0.25, 0.3) is 5.91 Å². The molecule has 2 aromatic rings. The van der Waals surface area contributed by atoms with Crippen LogP contribution in [0.25, 0.3) is 0 Å². The van der Waals surface area contributed by atoms with Gasteiger partial charge in [-0.3, -0.25) is 4.79 Å². The molecule has 2 aliphatic rings. The number of amides is 1. The number of aromatic nitrogens is 3. The summed E-state index contributed by atoms with van der Waals surface area (Å²) in [6.45, 7) is 5.63. The molecule has 0 saturated carbocycles. The van der Waals surface area contributed by atoms with Crippen molar-refractivity contribution in [1.82, 2.24) is 25.2 Å². The summed E-state index contributed by atoms with van der Waals surface area (Å²) in [5, 5.41) is 16.0. The summed E-state index contributed by atoms with van der Waals surface area (Å²) in [5.41, 5.74) is 2.48. The minimum Gasteiger partial charge on any atom is -0.370 e. The fourth-order valence-corrected chi connectivity index (χ4v) is 4.28. The minimum atomic E-state index is -0.0521. The summed E-state index contributed by atoms with van der Waals surface area (Å²) in [6.07, 6.45) is 1.99. The lowest BCUT2D eigenvalue weighted by Crippen LogP contribution is -2.42. The highest BCUT2D eigenvalue weighted by Gasteiger charge is 2.30. The number of carbonyl (C=O) groups is 1. The van der Waals surface area contributed by atoms with Crippen molar-refractivity contribution in [3.05, 3.63) is 33.8 Å². The predicted molar refractivity (Wildman–Crippen MR) is 94.8 cm³/mol. The Kier molecular flexibility index (Phi) is 4.82. The summed E-state index contributed by atoms with van der Waals surface area (Å²) in [5.74, 6) is -0.0405. The molecular formula is C17H23N5O2S. The molecule has 1 atom stereocenters. The van der Waals surface area contributed by atoms with Gasteiger partial charge >= 0.3 is 0 Å². The maximum Gasteiger partial charge on any atom is 0.276 e. The zero-order chi connectivity index (χ0) is 17.2. The standard InChI is InChI=1S/C17H23N5O2S/c1-12-16(19-20-22(12)14-2-5-18-6-3-14)17(23)21-7-8-24-15(10-21)13-4-9-25-11-13/h4,9,11,14-15,18H,2-3,5-8,10H2,1H3. The Labute approximate surface area is 151 Å². The second kappa shape index (κ2) is 7.23. The van der Waals surface area contributed by atoms with Crippen LogP contribution in [0.2, 0.25) is 0 Å². The smallest absolute Gasteiger partial charge is 0.276 e. The Morgan fingerprint density at radius 1 is 1.40 bits per heavy atom. The van der Waals surface area contributed by atoms with E-state index in [0.717, 1.165) is 37.2 Å². The van der Waals surface area contributed by atoms with Gasteiger partial charge in [-0.25, -0.2) is 4.68 Å². The quantitative estimate of drug-likeness (QED) is 0.902. The highest BCUT2D eigenvalue weighted by atomic mass is 32.1. The van der Waals surface area contributed by atoms with E-state index in [1.165, 1.54) is 0 Å². The number of rotatable bonds is 3. The van der Waals surface area contributed by atoms with Crippen LogP contribution in [-0.2, 0) is 4.74 Å². The molecule has 0 spiro atoms. The van der Waals surface area contributed by atoms with Gasteiger partial charge in [-0.1, -0.05) is 5.21 Å². The van der Waals surface area contributed by atoms with E-state index < -0.39 is 0 Å². The van der Waals surface area contributed by atoms with Crippen LogP contribution in [0.4, 0.5) is 0 Å². The van der Waals surface area contributed by atoms with Crippen molar-refractivity contribution in [2.24, 2.45) is 0 Å². The van der Waals surface area contributed by atoms with Gasteiger partial charge in [0.1, 0.15) is 6.10 Å². The van der Waals surface area contributed by atoms with Crippen molar-refractivity contribution in [3.63, 3.8) is 0 Å². The van der Waals surface area contributed by atoms with Crippen molar-refractivity contribution < 1.29 is 9.53 Å². The number of nitrogens with one attached hydrogen (secondary N) is 1. The van der Waals surface area contributed by atoms with Crippen LogP contribution in [0.3, 0.4) is 0 Å². The van der Waals surface area contributed by atoms with E-state index in [4.69, 9.17) is 4.74 Å². The van der Waals surface area contributed by atoms with Crippen LogP contribution < -0.4 is 5.32 Å². The van der Waals surface area contributed by atoms with E-state index >= 15 is 0 Å². The van der Waals surface area contributed by atoms with E-state index in [2.05, 4.69) is 27.1 Å². The van der Waals surface area contributed by atoms with Crippen LogP contribution >= 0.6 is 11.3 Å². The second-order valence-electron chi connectivity index (χ2n) is 6.62. The summed E-state index contributed by atoms with van der Waals surface area (Å²) in [4.78, 5) is 14.8. The summed E-state index contributed by atoms with van der Waals surface area (Å²) in [7, 11) is 0. The fraction of sp³-hybridized carbons (Fsp3) is 0.588. The van der Waals surface area contributed by atoms with Crippen LogP contribution in [0.1, 0.15) is 46.7 Å². The number of ether oxygens (including phenoxy) is 1. The number of nitrogens with zero attached hydrogens (tertiary/aromatic N) is 4. The minimum absolute atomic E-state index is 0.0405. The van der Waals surface area contributed by atoms with Crippen LogP contribution in [-0.4, -0.2) is 58.6 Å². The average Bonchev–Trinajstić information content (AvgIpc) is 3.32. The molecule has 4 heterocycles. The Bertz CT molecular complexity index is 723. The van der Waals surface area contributed by atoms with Gasteiger partial charge < -0.3 is 15.0 Å². The second-order valence-corrected chi connectivity index (χ2v) is 7.40. The van der Waals surface area contributed by atoms with Gasteiger partial charge in [-0.2, -0.15) is 11.3 Å². The SMILES string of the molecule is Cc1c(C(=O)N2CCOC(c3ccsc3)C2)nnn1C1CCNCC1. The van der Waals surface area contributed by atoms with Gasteiger partial charge in [0.05, 0.1) is 24.9 Å². The van der Waals surface area contributed by atoms with Gasteiger partial charge in [-0.15, -0.1) is 5.10 Å². The molecule has 1 amide bonds. The molecule has 0 radical (unpaired) electrons. The maximum atomic E-state index is 13.0. The van der Waals surface area contributed by atoms with E-state index in [1.807, 2.05) is 21.9 Å². The summed E-state index contributed by atoms with van der Waals surface area (Å²) < 4.78 is 7.77. The van der Waals surface area contributed by atoms with Crippen molar-refractivity contribution in [2.75, 3.05) is 32.8 Å². The summed E-state index contributed by atoms with van der Waals surface area (Å²) >= 11 is 1.65. The van der Waals surface area contributed by atoms with Gasteiger partial charge in [0, 0.05) is 6.54 Å². The first-order valence-corrected chi connectivity index (χ1v) is 9.74. The lowest BCUT2D eigenvalue weighted by molar-refractivity contribution is -0.0228. The molecule has 1 unspecified atom stereocenters. The zero-order valence-electron chi connectivity index (χ0n) is 14.4. The van der Waals surface area contributed by atoms with Crippen molar-refractivity contribution >= 4 is 17.2 Å². The third-order valence-corrected chi connectivity index (χ3v) is 5.75. The number of carbonyl (C=O) groups excluding carboxylic acids is 1. The van der Waals surface area contributed by atoms with Gasteiger partial charge in [-0.05, 0) is 55.2 Å². The monoisotopic (exact) mass is 361 g/mol. The first-order valence-electron chi connectivity index (χ1n) is 8.79. The molecule has 25 heavy (non-hydrogen) atoms. The molecule has 0 aliphatic carbocycles. The number of hydrogen-bond donors (Lipinski definition) is 1. The Hall–Kier alpha value is -1.77. The van der Waals surface area contributed by atoms with Crippen LogP contribution in [0, 0.1) is 6.92 Å². The molecular weight excluding hydrogens is 338 g/mol. The largest absolute Gasteiger partial charge is 0.370 e. The molecule has 2 fully saturated rings. The topological polar surface area (TPSA) is 72.3 Å². The number of morpholine rings is 1. The van der Waals surface area contributed by atoms with E-state index in [-0.39, 0.29) is 12.0 Å². The number of thiophene rings is 1. The zero-order valence-corrected chi connectivity index (χ0v) is 15.2. The molecule has 134 valence electrons. The van der Waals surface area contributed by atoms with E-state index in [9.17, 15) is 4.79 Å². The first-order chi connectivity index (χ1) is 12.2. The van der Waals surface area contributed by atoms with Crippen LogP contribution in [0.15, 0.2) is 16.8 Å². The molecule has 7 nitrogen and oxygen atoms in total. The van der Waals surface area contributed by atoms with E-state index in [1.54, 1.807) is 11.3 Å². The molecule has 1 N–H and O–H groups in total. The first kappa shape index (κ1) is 16.7. The molecule has 4 rings (SSSR count). The van der Waals surface area contributed by atoms with Crippen molar-refractivity contribution in [2.45, 2.75) is 31.9 Å². The maximum absolute atomic E-state index is 13.0. The highest BCUT2D eigenvalue weighted by Crippen LogP contribution is 2.26. The highest BCUT2D eigenvalue weighted by molar-refractivity contribution is 7.07. The summed E-state index contributed by atoms with van der Waals surface area (Å²) in [6, 6.07) is 2.39. The molecule has 8 heteroatoms. The van der Waals surface area contributed by atoms with Gasteiger partial charge in [0.15, 0.2) is 5.69 Å². The molecule has 2 aliphatic heterocycles. The average molecular weight is 361 g/mol. The lowest BCUT2D eigenvalue weighted by atomic mass is 10.1. The van der Waals surface area contributed by atoms with Gasteiger partial charge in [0.2, 0.25) is 0 Å². The molecule has 2 aromatic heterocycles. The number of piperidine rings is 1. The molecule has 0 aromatic carbocycles. The van der Waals surface area contributed by atoms with E-state index in [0.29, 0.717) is 31.4 Å². The Morgan fingerprint density at radius 2 is 2.24 bits per heavy atom. The van der Waals surface area contributed by atoms with Crippen molar-refractivity contribution in [3.8, 4) is 0 Å². The Morgan fingerprint density at radius 3 is 3.00 bits per heavy atom. The van der Waals surface area contributed by atoms with Crippen molar-refractivity contribution in [1.29, 1.82) is 0 Å². The normalized spacial score (nSPS) is 22.3. The third kappa shape index (κ3) is 3.33. The number of hydrogen-bond acceptors (Lipinski definition) is 6. The molecule has 2 saturated heterocycles. The third-order valence-electron chi connectivity index (χ3n) is 5.05. The Balaban J connectivity index is 1.49. The molecule has 0 bridgehead atoms. The fourth-order valence-electron chi connectivity index (χ4n) is 3.58.